The van der Waals surface area contributed by atoms with Gasteiger partial charge in [-0.3, -0.25) is 4.79 Å². The maximum Gasteiger partial charge on any atom is 0.327 e. The van der Waals surface area contributed by atoms with E-state index in [4.69, 9.17) is 0 Å². The lowest BCUT2D eigenvalue weighted by molar-refractivity contribution is -0.141. The fourth-order valence-corrected chi connectivity index (χ4v) is 3.41. The molecule has 3 rings (SSSR count). The van der Waals surface area contributed by atoms with Gasteiger partial charge in [-0.15, -0.1) is 5.10 Å². The van der Waals surface area contributed by atoms with Crippen molar-refractivity contribution in [3.05, 3.63) is 24.3 Å². The number of methoxy groups -OCH3 is 1. The Balaban J connectivity index is 1.88. The number of carbonyl (C=O) groups is 1. The highest BCUT2D eigenvalue weighted by Gasteiger charge is 2.15. The number of benzene rings is 1. The second kappa shape index (κ2) is 5.55. The standard InChI is InChI=1S/C11H9N5O2S2/c1-18-9(17)6-16-11(12-14-15-16)19-10-7-4-2-3-5-8(7)13-20-10/h2-5H,6H2,1H3. The Morgan fingerprint density at radius 2 is 2.30 bits per heavy atom. The van der Waals surface area contributed by atoms with Crippen molar-refractivity contribution in [3.8, 4) is 0 Å². The summed E-state index contributed by atoms with van der Waals surface area (Å²) in [6, 6.07) is 7.85. The van der Waals surface area contributed by atoms with Crippen LogP contribution in [0.3, 0.4) is 0 Å². The van der Waals surface area contributed by atoms with E-state index >= 15 is 0 Å². The molecule has 0 radical (unpaired) electrons. The number of fused-ring (bicyclic) bond motifs is 1. The lowest BCUT2D eigenvalue weighted by atomic mass is 10.3. The Bertz CT molecular complexity index is 754. The molecule has 0 aliphatic carbocycles. The Morgan fingerprint density at radius 3 is 3.15 bits per heavy atom. The molecule has 0 saturated carbocycles. The minimum atomic E-state index is -0.395. The molecule has 20 heavy (non-hydrogen) atoms. The number of ether oxygens (including phenoxy) is 1. The van der Waals surface area contributed by atoms with Crippen molar-refractivity contribution in [2.75, 3.05) is 7.11 Å². The monoisotopic (exact) mass is 307 g/mol. The zero-order chi connectivity index (χ0) is 13.9. The van der Waals surface area contributed by atoms with Crippen LogP contribution in [0.4, 0.5) is 0 Å². The summed E-state index contributed by atoms with van der Waals surface area (Å²) < 4.78 is 11.4. The number of nitrogens with zero attached hydrogens (tertiary/aromatic N) is 5. The lowest BCUT2D eigenvalue weighted by Crippen LogP contribution is -2.13. The van der Waals surface area contributed by atoms with E-state index in [0.29, 0.717) is 5.16 Å². The maximum atomic E-state index is 11.3. The van der Waals surface area contributed by atoms with Gasteiger partial charge in [0.1, 0.15) is 6.54 Å². The van der Waals surface area contributed by atoms with Gasteiger partial charge in [0.05, 0.1) is 16.8 Å². The average Bonchev–Trinajstić information content (AvgIpc) is 3.07. The molecule has 0 N–H and O–H groups in total. The second-order valence-corrected chi connectivity index (χ2v) is 5.79. The Labute approximate surface area is 122 Å². The van der Waals surface area contributed by atoms with Gasteiger partial charge in [-0.1, -0.05) is 18.2 Å². The van der Waals surface area contributed by atoms with Gasteiger partial charge >= 0.3 is 5.97 Å². The number of esters is 1. The summed E-state index contributed by atoms with van der Waals surface area (Å²) in [7, 11) is 1.33. The fourth-order valence-electron chi connectivity index (χ4n) is 1.58. The second-order valence-electron chi connectivity index (χ2n) is 3.78. The van der Waals surface area contributed by atoms with Crippen LogP contribution in [-0.2, 0) is 16.1 Å². The van der Waals surface area contributed by atoms with Crippen molar-refractivity contribution in [1.82, 2.24) is 24.6 Å². The SMILES string of the molecule is COC(=O)Cn1nnnc1Sc1snc2ccccc12. The number of rotatable bonds is 4. The quantitative estimate of drug-likeness (QED) is 0.677. The molecule has 2 aromatic heterocycles. The van der Waals surface area contributed by atoms with Crippen molar-refractivity contribution >= 4 is 40.2 Å². The van der Waals surface area contributed by atoms with Gasteiger partial charge in [0.15, 0.2) is 0 Å². The summed E-state index contributed by atoms with van der Waals surface area (Å²) in [6.45, 7) is -0.0113. The number of carbonyl (C=O) groups excluding carboxylic acids is 1. The number of hydrogen-bond acceptors (Lipinski definition) is 8. The third kappa shape index (κ3) is 2.49. The molecular formula is C11H9N5O2S2. The first-order chi connectivity index (χ1) is 9.78. The molecule has 0 aliphatic heterocycles. The highest BCUT2D eigenvalue weighted by atomic mass is 32.2. The number of tetrazole rings is 1. The molecule has 0 atom stereocenters. The minimum absolute atomic E-state index is 0.0113. The van der Waals surface area contributed by atoms with Crippen molar-refractivity contribution in [2.45, 2.75) is 15.9 Å². The van der Waals surface area contributed by atoms with Crippen LogP contribution in [0, 0.1) is 0 Å². The molecule has 0 bridgehead atoms. The molecule has 0 aliphatic rings. The van der Waals surface area contributed by atoms with Crippen molar-refractivity contribution in [3.63, 3.8) is 0 Å². The van der Waals surface area contributed by atoms with Crippen LogP contribution in [0.25, 0.3) is 10.9 Å². The molecule has 0 amide bonds. The molecule has 3 aromatic rings. The molecule has 0 fully saturated rings. The Morgan fingerprint density at radius 1 is 1.45 bits per heavy atom. The van der Waals surface area contributed by atoms with Crippen LogP contribution in [0.15, 0.2) is 33.6 Å². The molecule has 0 saturated heterocycles. The van der Waals surface area contributed by atoms with Gasteiger partial charge < -0.3 is 4.74 Å². The van der Waals surface area contributed by atoms with Crippen LogP contribution in [-0.4, -0.2) is 37.7 Å². The van der Waals surface area contributed by atoms with E-state index in [-0.39, 0.29) is 6.54 Å². The highest BCUT2D eigenvalue weighted by molar-refractivity contribution is 8.01. The highest BCUT2D eigenvalue weighted by Crippen LogP contribution is 2.35. The molecule has 2 heterocycles. The molecule has 9 heteroatoms. The summed E-state index contributed by atoms with van der Waals surface area (Å²) in [5, 5.41) is 12.9. The van der Waals surface area contributed by atoms with E-state index in [9.17, 15) is 4.79 Å². The predicted octanol–water partition coefficient (Wildman–Crippen LogP) is 1.61. The number of hydrogen-bond donors (Lipinski definition) is 0. The lowest BCUT2D eigenvalue weighted by Gasteiger charge is -2.01. The van der Waals surface area contributed by atoms with Gasteiger partial charge in [0.2, 0.25) is 5.16 Å². The topological polar surface area (TPSA) is 82.8 Å². The van der Waals surface area contributed by atoms with E-state index in [1.165, 1.54) is 35.1 Å². The summed E-state index contributed by atoms with van der Waals surface area (Å²) in [5.74, 6) is -0.395. The Kier molecular flexibility index (Phi) is 3.61. The van der Waals surface area contributed by atoms with Crippen molar-refractivity contribution < 1.29 is 9.53 Å². The third-order valence-corrected chi connectivity index (χ3v) is 4.57. The van der Waals surface area contributed by atoms with Gasteiger partial charge in [-0.05, 0) is 39.8 Å². The molecule has 7 nitrogen and oxygen atoms in total. The molecule has 1 aromatic carbocycles. The smallest absolute Gasteiger partial charge is 0.327 e. The van der Waals surface area contributed by atoms with Gasteiger partial charge in [0, 0.05) is 5.39 Å². The van der Waals surface area contributed by atoms with E-state index in [0.717, 1.165) is 15.1 Å². The van der Waals surface area contributed by atoms with Crippen LogP contribution in [0.1, 0.15) is 0 Å². The zero-order valence-electron chi connectivity index (χ0n) is 10.4. The first-order valence-electron chi connectivity index (χ1n) is 5.63. The predicted molar refractivity (Wildman–Crippen MR) is 73.6 cm³/mol. The normalized spacial score (nSPS) is 10.8. The Hall–Kier alpha value is -2.00. The van der Waals surface area contributed by atoms with E-state index in [1.54, 1.807) is 0 Å². The average molecular weight is 307 g/mol. The molecular weight excluding hydrogens is 298 g/mol. The van der Waals surface area contributed by atoms with E-state index in [1.807, 2.05) is 24.3 Å². The zero-order valence-corrected chi connectivity index (χ0v) is 12.0. The first-order valence-corrected chi connectivity index (χ1v) is 7.22. The van der Waals surface area contributed by atoms with Crippen molar-refractivity contribution in [1.29, 1.82) is 0 Å². The van der Waals surface area contributed by atoms with Crippen molar-refractivity contribution in [2.24, 2.45) is 0 Å². The van der Waals surface area contributed by atoms with Gasteiger partial charge in [0.25, 0.3) is 0 Å². The van der Waals surface area contributed by atoms with E-state index < -0.39 is 5.97 Å². The minimum Gasteiger partial charge on any atom is -0.468 e. The summed E-state index contributed by atoms with van der Waals surface area (Å²) in [4.78, 5) is 11.3. The van der Waals surface area contributed by atoms with Crippen LogP contribution >= 0.6 is 23.3 Å². The summed E-state index contributed by atoms with van der Waals surface area (Å²) >= 11 is 2.77. The van der Waals surface area contributed by atoms with Crippen LogP contribution in [0.5, 0.6) is 0 Å². The van der Waals surface area contributed by atoms with E-state index in [2.05, 4.69) is 24.6 Å². The van der Waals surface area contributed by atoms with Crippen LogP contribution < -0.4 is 0 Å². The molecule has 102 valence electrons. The van der Waals surface area contributed by atoms with Crippen LogP contribution in [0.2, 0.25) is 0 Å². The van der Waals surface area contributed by atoms with Gasteiger partial charge in [-0.25, -0.2) is 4.68 Å². The fraction of sp³-hybridized carbons (Fsp3) is 0.182. The molecule has 0 spiro atoms. The first kappa shape index (κ1) is 13.0. The maximum absolute atomic E-state index is 11.3. The summed E-state index contributed by atoms with van der Waals surface area (Å²) in [6.07, 6.45) is 0. The molecule has 0 unspecified atom stereocenters. The number of aromatic nitrogens is 5. The van der Waals surface area contributed by atoms with Gasteiger partial charge in [-0.2, -0.15) is 4.37 Å². The largest absolute Gasteiger partial charge is 0.468 e. The third-order valence-electron chi connectivity index (χ3n) is 2.54. The summed E-state index contributed by atoms with van der Waals surface area (Å²) in [5.41, 5.74) is 0.937.